The molecule has 0 amide bonds. The third-order valence-corrected chi connectivity index (χ3v) is 4.38. The zero-order valence-electron chi connectivity index (χ0n) is 11.1. The van der Waals surface area contributed by atoms with Gasteiger partial charge in [-0.15, -0.1) is 11.3 Å². The van der Waals surface area contributed by atoms with Crippen molar-refractivity contribution in [1.82, 2.24) is 15.0 Å². The summed E-state index contributed by atoms with van der Waals surface area (Å²) in [6.07, 6.45) is -2.03. The number of hydrogen-bond acceptors (Lipinski definition) is 5. The molecule has 0 spiro atoms. The molecule has 0 radical (unpaired) electrons. The van der Waals surface area contributed by atoms with E-state index >= 15 is 0 Å². The molecule has 116 valence electrons. The summed E-state index contributed by atoms with van der Waals surface area (Å²) in [4.78, 5) is 22.1. The molecular weight excluding hydrogens is 331 g/mol. The average Bonchev–Trinajstić information content (AvgIpc) is 3.13. The van der Waals surface area contributed by atoms with Crippen LogP contribution in [-0.4, -0.2) is 15.0 Å². The first-order valence-electron chi connectivity index (χ1n) is 6.37. The molecule has 0 bridgehead atoms. The Kier molecular flexibility index (Phi) is 2.82. The van der Waals surface area contributed by atoms with Gasteiger partial charge in [-0.3, -0.25) is 4.79 Å². The highest BCUT2D eigenvalue weighted by Crippen LogP contribution is 2.40. The second kappa shape index (κ2) is 4.66. The zero-order valence-corrected chi connectivity index (χ0v) is 12.0. The van der Waals surface area contributed by atoms with E-state index in [1.165, 1.54) is 12.6 Å². The van der Waals surface area contributed by atoms with Gasteiger partial charge in [-0.25, -0.2) is 9.97 Å². The van der Waals surface area contributed by atoms with Crippen LogP contribution in [0, 0.1) is 0 Å². The van der Waals surface area contributed by atoms with E-state index in [1.54, 1.807) is 12.1 Å². The minimum absolute atomic E-state index is 0.0884. The van der Waals surface area contributed by atoms with Crippen molar-refractivity contribution in [3.8, 4) is 11.3 Å². The number of aromatic amines is 1. The predicted octanol–water partition coefficient (Wildman–Crippen LogP) is 3.81. The first-order chi connectivity index (χ1) is 10.9. The van der Waals surface area contributed by atoms with Crippen LogP contribution in [0.15, 0.2) is 40.0 Å². The lowest BCUT2D eigenvalue weighted by molar-refractivity contribution is -0.140. The van der Waals surface area contributed by atoms with E-state index in [0.717, 1.165) is 17.4 Å². The Morgan fingerprint density at radius 3 is 2.83 bits per heavy atom. The molecular formula is C14H6F3N3O2S. The van der Waals surface area contributed by atoms with Gasteiger partial charge in [0.1, 0.15) is 21.0 Å². The summed E-state index contributed by atoms with van der Waals surface area (Å²) in [5.74, 6) is 0.254. The number of pyridine rings is 1. The van der Waals surface area contributed by atoms with Crippen LogP contribution in [0.5, 0.6) is 0 Å². The number of nitrogens with one attached hydrogen (secondary N) is 1. The van der Waals surface area contributed by atoms with Gasteiger partial charge in [0, 0.05) is 10.9 Å². The summed E-state index contributed by atoms with van der Waals surface area (Å²) >= 11 is 0.871. The quantitative estimate of drug-likeness (QED) is 0.573. The van der Waals surface area contributed by atoms with Crippen molar-refractivity contribution in [3.63, 3.8) is 0 Å². The van der Waals surface area contributed by atoms with Crippen molar-refractivity contribution < 1.29 is 17.6 Å². The molecule has 0 unspecified atom stereocenters. The van der Waals surface area contributed by atoms with E-state index in [9.17, 15) is 18.0 Å². The molecule has 9 heteroatoms. The van der Waals surface area contributed by atoms with Crippen molar-refractivity contribution in [2.45, 2.75) is 6.18 Å². The monoisotopic (exact) mass is 337 g/mol. The highest BCUT2D eigenvalue weighted by molar-refractivity contribution is 7.25. The fourth-order valence-corrected chi connectivity index (χ4v) is 3.40. The maximum absolute atomic E-state index is 13.1. The van der Waals surface area contributed by atoms with Gasteiger partial charge < -0.3 is 9.40 Å². The lowest BCUT2D eigenvalue weighted by Crippen LogP contribution is -2.08. The van der Waals surface area contributed by atoms with Crippen LogP contribution in [0.2, 0.25) is 0 Å². The molecule has 0 saturated heterocycles. The topological polar surface area (TPSA) is 71.8 Å². The van der Waals surface area contributed by atoms with Crippen LogP contribution in [0.1, 0.15) is 5.69 Å². The Hall–Kier alpha value is -2.68. The molecule has 0 aromatic carbocycles. The number of furan rings is 1. The second-order valence-electron chi connectivity index (χ2n) is 4.72. The van der Waals surface area contributed by atoms with Crippen molar-refractivity contribution >= 4 is 31.8 Å². The fraction of sp³-hybridized carbons (Fsp3) is 0.0714. The maximum atomic E-state index is 13.1. The van der Waals surface area contributed by atoms with Crippen molar-refractivity contribution in [2.75, 3.05) is 0 Å². The normalized spacial score (nSPS) is 12.3. The number of hydrogen-bond donors (Lipinski definition) is 1. The molecule has 0 fully saturated rings. The maximum Gasteiger partial charge on any atom is 0.433 e. The van der Waals surface area contributed by atoms with Gasteiger partial charge in [-0.2, -0.15) is 13.2 Å². The number of fused-ring (bicyclic) bond motifs is 3. The first-order valence-corrected chi connectivity index (χ1v) is 7.19. The molecule has 4 heterocycles. The van der Waals surface area contributed by atoms with Crippen LogP contribution < -0.4 is 5.56 Å². The van der Waals surface area contributed by atoms with Gasteiger partial charge in [0.15, 0.2) is 0 Å². The smallest absolute Gasteiger partial charge is 0.433 e. The van der Waals surface area contributed by atoms with E-state index in [2.05, 4.69) is 15.0 Å². The van der Waals surface area contributed by atoms with Crippen LogP contribution in [0.4, 0.5) is 13.2 Å². The predicted molar refractivity (Wildman–Crippen MR) is 78.2 cm³/mol. The van der Waals surface area contributed by atoms with E-state index in [4.69, 9.17) is 4.42 Å². The fourth-order valence-electron chi connectivity index (χ4n) is 2.35. The van der Waals surface area contributed by atoms with Gasteiger partial charge in [-0.05, 0) is 18.2 Å². The van der Waals surface area contributed by atoms with E-state index in [0.29, 0.717) is 10.9 Å². The van der Waals surface area contributed by atoms with Crippen molar-refractivity contribution in [1.29, 1.82) is 0 Å². The summed E-state index contributed by atoms with van der Waals surface area (Å²) < 4.78 is 44.8. The van der Waals surface area contributed by atoms with Crippen molar-refractivity contribution in [2.24, 2.45) is 0 Å². The molecule has 0 aliphatic rings. The third-order valence-electron chi connectivity index (χ3n) is 3.31. The van der Waals surface area contributed by atoms with Crippen LogP contribution in [0.25, 0.3) is 31.8 Å². The van der Waals surface area contributed by atoms with Gasteiger partial charge in [-0.1, -0.05) is 0 Å². The van der Waals surface area contributed by atoms with E-state index in [-0.39, 0.29) is 20.9 Å². The molecule has 4 rings (SSSR count). The zero-order chi connectivity index (χ0) is 16.2. The summed E-state index contributed by atoms with van der Waals surface area (Å²) in [5.41, 5.74) is -0.950. The Morgan fingerprint density at radius 2 is 2.13 bits per heavy atom. The van der Waals surface area contributed by atoms with E-state index in [1.807, 2.05) is 0 Å². The number of H-pyrrole nitrogens is 1. The Bertz CT molecular complexity index is 1080. The molecule has 4 aromatic heterocycles. The summed E-state index contributed by atoms with van der Waals surface area (Å²) in [5, 5.41) is 0.374. The van der Waals surface area contributed by atoms with Crippen LogP contribution >= 0.6 is 11.3 Å². The number of alkyl halides is 3. The molecule has 5 nitrogen and oxygen atoms in total. The largest absolute Gasteiger partial charge is 0.464 e. The Balaban J connectivity index is 2.21. The summed E-state index contributed by atoms with van der Waals surface area (Å²) in [6.45, 7) is 0. The lowest BCUT2D eigenvalue weighted by atomic mass is 10.1. The van der Waals surface area contributed by atoms with Gasteiger partial charge in [0.2, 0.25) is 0 Å². The van der Waals surface area contributed by atoms with Gasteiger partial charge in [0.25, 0.3) is 5.56 Å². The molecule has 0 atom stereocenters. The standard InChI is InChI=1S/C14H6F3N3O2S/c15-14(16,17)8-4-6(7-2-1-3-22-7)9-10-11(23-13(9)20-8)12(21)19-5-18-10/h1-5H,(H,18,19,21). The van der Waals surface area contributed by atoms with Crippen LogP contribution in [-0.2, 0) is 6.18 Å². The number of halogens is 3. The molecule has 4 aromatic rings. The Morgan fingerprint density at radius 1 is 1.30 bits per heavy atom. The first kappa shape index (κ1) is 13.9. The third kappa shape index (κ3) is 2.12. The molecule has 0 aliphatic heterocycles. The minimum atomic E-state index is -4.61. The summed E-state index contributed by atoms with van der Waals surface area (Å²) in [6, 6.07) is 4.03. The van der Waals surface area contributed by atoms with E-state index < -0.39 is 17.4 Å². The molecule has 23 heavy (non-hydrogen) atoms. The Labute approximate surface area is 129 Å². The highest BCUT2D eigenvalue weighted by Gasteiger charge is 2.34. The van der Waals surface area contributed by atoms with Gasteiger partial charge in [0.05, 0.1) is 18.1 Å². The SMILES string of the molecule is O=c1[nH]cnc2c1sc1nc(C(F)(F)F)cc(-c3ccco3)c12. The molecule has 1 N–H and O–H groups in total. The summed E-state index contributed by atoms with van der Waals surface area (Å²) in [7, 11) is 0. The number of aromatic nitrogens is 3. The minimum Gasteiger partial charge on any atom is -0.464 e. The second-order valence-corrected chi connectivity index (χ2v) is 5.72. The average molecular weight is 337 g/mol. The highest BCUT2D eigenvalue weighted by atomic mass is 32.1. The van der Waals surface area contributed by atoms with Crippen LogP contribution in [0.3, 0.4) is 0 Å². The number of thiophene rings is 1. The van der Waals surface area contributed by atoms with Gasteiger partial charge >= 0.3 is 6.18 Å². The number of nitrogens with zero attached hydrogens (tertiary/aromatic N) is 2. The van der Waals surface area contributed by atoms with Crippen molar-refractivity contribution in [3.05, 3.63) is 46.8 Å². The number of rotatable bonds is 1. The molecule has 0 aliphatic carbocycles. The lowest BCUT2D eigenvalue weighted by Gasteiger charge is -2.08. The molecule has 0 saturated carbocycles.